The summed E-state index contributed by atoms with van der Waals surface area (Å²) in [5, 5.41) is 1.60. The summed E-state index contributed by atoms with van der Waals surface area (Å²) in [7, 11) is -0.622. The van der Waals surface area contributed by atoms with Crippen molar-refractivity contribution in [3.05, 3.63) is 51.2 Å². The van der Waals surface area contributed by atoms with E-state index in [1.165, 1.54) is 11.3 Å². The Balaban J connectivity index is 2.27. The Morgan fingerprint density at radius 3 is 2.48 bits per heavy atom. The molecule has 0 bridgehead atoms. The Bertz CT molecular complexity index is 822. The first-order valence-electron chi connectivity index (χ1n) is 7.08. The first-order chi connectivity index (χ1) is 11.5. The predicted octanol–water partition coefficient (Wildman–Crippen LogP) is 4.00. The van der Waals surface area contributed by atoms with Crippen LogP contribution >= 0.6 is 22.9 Å². The third kappa shape index (κ3) is 4.95. The summed E-state index contributed by atoms with van der Waals surface area (Å²) in [6.07, 6.45) is -4.65. The van der Waals surface area contributed by atoms with Crippen molar-refractivity contribution in [3.8, 4) is 0 Å². The molecule has 0 saturated heterocycles. The topological polar surface area (TPSA) is 49.4 Å². The molecule has 1 aromatic heterocycles. The number of likely N-dealkylation sites (N-methyl/N-ethyl adjacent to an activating group) is 1. The monoisotopic (exact) mass is 412 g/mol. The molecule has 0 spiro atoms. The molecule has 2 rings (SSSR count). The smallest absolute Gasteiger partial charge is 0.300 e. The second-order valence-electron chi connectivity index (χ2n) is 5.49. The summed E-state index contributed by atoms with van der Waals surface area (Å²) in [6, 6.07) is 5.67. The largest absolute Gasteiger partial charge is 0.416 e. The third-order valence-corrected chi connectivity index (χ3v) is 6.39. The number of halogens is 4. The number of nitrogens with one attached hydrogen (secondary N) is 1. The molecular formula is C15H16ClF3N2O2S2. The van der Waals surface area contributed by atoms with Gasteiger partial charge in [0.2, 0.25) is 10.0 Å². The number of hydrogen-bond donors (Lipinski definition) is 1. The van der Waals surface area contributed by atoms with Gasteiger partial charge in [0.1, 0.15) is 4.90 Å². The number of benzene rings is 1. The molecule has 0 radical (unpaired) electrons. The highest BCUT2D eigenvalue weighted by molar-refractivity contribution is 7.89. The number of rotatable bonds is 6. The van der Waals surface area contributed by atoms with E-state index in [-0.39, 0.29) is 17.6 Å². The van der Waals surface area contributed by atoms with Gasteiger partial charge in [0, 0.05) is 11.4 Å². The van der Waals surface area contributed by atoms with Crippen molar-refractivity contribution in [3.63, 3.8) is 0 Å². The van der Waals surface area contributed by atoms with Crippen LogP contribution in [0, 0.1) is 0 Å². The molecule has 138 valence electrons. The highest BCUT2D eigenvalue weighted by Gasteiger charge is 2.33. The van der Waals surface area contributed by atoms with Crippen LogP contribution in [0.15, 0.2) is 40.6 Å². The summed E-state index contributed by atoms with van der Waals surface area (Å²) in [5.74, 6) is 0. The van der Waals surface area contributed by atoms with Crippen LogP contribution in [0.25, 0.3) is 0 Å². The SMILES string of the molecule is CN(C)C(CNS(=O)(=O)c1cc(C(F)(F)F)ccc1Cl)c1cccs1. The van der Waals surface area contributed by atoms with E-state index in [9.17, 15) is 21.6 Å². The molecular weight excluding hydrogens is 397 g/mol. The summed E-state index contributed by atoms with van der Waals surface area (Å²) in [4.78, 5) is 2.16. The van der Waals surface area contributed by atoms with Crippen LogP contribution in [0.5, 0.6) is 0 Å². The summed E-state index contributed by atoms with van der Waals surface area (Å²) >= 11 is 7.28. The minimum absolute atomic E-state index is 0.00240. The van der Waals surface area contributed by atoms with Gasteiger partial charge in [-0.2, -0.15) is 13.2 Å². The average Bonchev–Trinajstić information content (AvgIpc) is 3.00. The van der Waals surface area contributed by atoms with Crippen LogP contribution in [-0.4, -0.2) is 34.0 Å². The van der Waals surface area contributed by atoms with Crippen molar-refractivity contribution in [2.45, 2.75) is 17.1 Å². The summed E-state index contributed by atoms with van der Waals surface area (Å²) < 4.78 is 65.7. The molecule has 0 aliphatic carbocycles. The number of sulfonamides is 1. The molecule has 10 heteroatoms. The molecule has 25 heavy (non-hydrogen) atoms. The van der Waals surface area contributed by atoms with E-state index in [1.807, 2.05) is 22.4 Å². The van der Waals surface area contributed by atoms with Crippen molar-refractivity contribution in [1.29, 1.82) is 0 Å². The highest BCUT2D eigenvalue weighted by atomic mass is 35.5. The number of nitrogens with zero attached hydrogens (tertiary/aromatic N) is 1. The maximum atomic E-state index is 12.8. The zero-order chi connectivity index (χ0) is 18.8. The number of hydrogen-bond acceptors (Lipinski definition) is 4. The van der Waals surface area contributed by atoms with E-state index < -0.39 is 26.7 Å². The Morgan fingerprint density at radius 1 is 1.28 bits per heavy atom. The average molecular weight is 413 g/mol. The van der Waals surface area contributed by atoms with Crippen LogP contribution in [0.3, 0.4) is 0 Å². The number of thiophene rings is 1. The lowest BCUT2D eigenvalue weighted by molar-refractivity contribution is -0.137. The minimum atomic E-state index is -4.65. The Kier molecular flexibility index (Phi) is 6.16. The molecule has 1 atom stereocenters. The Morgan fingerprint density at radius 2 is 1.96 bits per heavy atom. The molecule has 1 aromatic carbocycles. The molecule has 0 amide bonds. The van der Waals surface area contributed by atoms with E-state index in [0.29, 0.717) is 6.07 Å². The van der Waals surface area contributed by atoms with Gasteiger partial charge < -0.3 is 4.90 Å². The molecule has 4 nitrogen and oxygen atoms in total. The molecule has 1 heterocycles. The van der Waals surface area contributed by atoms with Crippen molar-refractivity contribution in [1.82, 2.24) is 9.62 Å². The first-order valence-corrected chi connectivity index (χ1v) is 9.82. The van der Waals surface area contributed by atoms with E-state index >= 15 is 0 Å². The maximum Gasteiger partial charge on any atom is 0.416 e. The molecule has 0 saturated carbocycles. The molecule has 2 aromatic rings. The van der Waals surface area contributed by atoms with Gasteiger partial charge in [-0.05, 0) is 43.7 Å². The fourth-order valence-corrected chi connectivity index (χ4v) is 4.66. The Labute approximate surface area is 153 Å². The quantitative estimate of drug-likeness (QED) is 0.780. The first kappa shape index (κ1) is 20.2. The fraction of sp³-hybridized carbons (Fsp3) is 0.333. The zero-order valence-corrected chi connectivity index (χ0v) is 15.7. The van der Waals surface area contributed by atoms with Crippen molar-refractivity contribution in [2.75, 3.05) is 20.6 Å². The lowest BCUT2D eigenvalue weighted by Gasteiger charge is -2.23. The van der Waals surface area contributed by atoms with Crippen molar-refractivity contribution in [2.24, 2.45) is 0 Å². The van der Waals surface area contributed by atoms with Gasteiger partial charge >= 0.3 is 6.18 Å². The van der Waals surface area contributed by atoms with E-state index in [2.05, 4.69) is 4.72 Å². The lowest BCUT2D eigenvalue weighted by atomic mass is 10.2. The molecule has 0 fully saturated rings. The lowest BCUT2D eigenvalue weighted by Crippen LogP contribution is -2.34. The molecule has 1 N–H and O–H groups in total. The van der Waals surface area contributed by atoms with Gasteiger partial charge in [0.15, 0.2) is 0 Å². The van der Waals surface area contributed by atoms with Gasteiger partial charge in [-0.1, -0.05) is 17.7 Å². The fourth-order valence-electron chi connectivity index (χ4n) is 2.17. The van der Waals surface area contributed by atoms with E-state index in [1.54, 1.807) is 14.1 Å². The van der Waals surface area contributed by atoms with E-state index in [4.69, 9.17) is 11.6 Å². The second kappa shape index (κ2) is 7.63. The molecule has 0 aliphatic heterocycles. The van der Waals surface area contributed by atoms with Gasteiger partial charge in [-0.3, -0.25) is 0 Å². The third-order valence-electron chi connectivity index (χ3n) is 3.51. The van der Waals surface area contributed by atoms with Crippen LogP contribution < -0.4 is 4.72 Å². The Hall–Kier alpha value is -1.13. The predicted molar refractivity (Wildman–Crippen MR) is 92.4 cm³/mol. The van der Waals surface area contributed by atoms with Gasteiger partial charge in [0.25, 0.3) is 0 Å². The van der Waals surface area contributed by atoms with Crippen LogP contribution in [0.1, 0.15) is 16.5 Å². The standard InChI is InChI=1S/C15H16ClF3N2O2S2/c1-21(2)12(13-4-3-7-24-13)9-20-25(22,23)14-8-10(15(17,18)19)5-6-11(14)16/h3-8,12,20H,9H2,1-2H3. The van der Waals surface area contributed by atoms with Crippen molar-refractivity contribution < 1.29 is 21.6 Å². The van der Waals surface area contributed by atoms with Crippen LogP contribution in [0.4, 0.5) is 13.2 Å². The number of alkyl halides is 3. The van der Waals surface area contributed by atoms with Crippen LogP contribution in [-0.2, 0) is 16.2 Å². The molecule has 0 aliphatic rings. The minimum Gasteiger partial charge on any atom is -0.300 e. The van der Waals surface area contributed by atoms with E-state index in [0.717, 1.165) is 17.0 Å². The highest BCUT2D eigenvalue weighted by Crippen LogP contribution is 2.33. The molecule has 1 unspecified atom stereocenters. The maximum absolute atomic E-state index is 12.8. The van der Waals surface area contributed by atoms with Crippen LogP contribution in [0.2, 0.25) is 5.02 Å². The summed E-state index contributed by atoms with van der Waals surface area (Å²) in [6.45, 7) is 0.00240. The van der Waals surface area contributed by atoms with Gasteiger partial charge in [-0.15, -0.1) is 11.3 Å². The van der Waals surface area contributed by atoms with Gasteiger partial charge in [0.05, 0.1) is 16.6 Å². The second-order valence-corrected chi connectivity index (χ2v) is 8.61. The summed E-state index contributed by atoms with van der Waals surface area (Å²) in [5.41, 5.74) is -1.07. The van der Waals surface area contributed by atoms with Gasteiger partial charge in [-0.25, -0.2) is 13.1 Å². The van der Waals surface area contributed by atoms with Crippen molar-refractivity contribution >= 4 is 33.0 Å². The zero-order valence-electron chi connectivity index (χ0n) is 13.3. The normalized spacial score (nSPS) is 14.0.